The number of nitrogens with zero attached hydrogens (tertiary/aromatic N) is 2. The number of fused-ring (bicyclic) bond motifs is 1. The van der Waals surface area contributed by atoms with E-state index >= 15 is 0 Å². The van der Waals surface area contributed by atoms with Crippen molar-refractivity contribution in [2.24, 2.45) is 5.92 Å². The highest BCUT2D eigenvalue weighted by molar-refractivity contribution is 5.99. The summed E-state index contributed by atoms with van der Waals surface area (Å²) in [7, 11) is 0. The average Bonchev–Trinajstić information content (AvgIpc) is 3.16. The molecular formula is C31H39N3O8. The lowest BCUT2D eigenvalue weighted by Crippen LogP contribution is -2.43. The fourth-order valence-electron chi connectivity index (χ4n) is 5.08. The summed E-state index contributed by atoms with van der Waals surface area (Å²) >= 11 is 0. The van der Waals surface area contributed by atoms with Gasteiger partial charge in [-0.15, -0.1) is 5.48 Å². The molecule has 1 saturated heterocycles. The molecular weight excluding hydrogens is 542 g/mol. The van der Waals surface area contributed by atoms with Crippen molar-refractivity contribution in [2.75, 3.05) is 37.7 Å². The molecule has 0 bridgehead atoms. The molecule has 0 unspecified atom stereocenters. The molecule has 0 radical (unpaired) electrons. The Kier molecular flexibility index (Phi) is 11.6. The summed E-state index contributed by atoms with van der Waals surface area (Å²) in [5.41, 5.74) is 4.02. The number of benzene rings is 2. The van der Waals surface area contributed by atoms with E-state index in [4.69, 9.17) is 19.0 Å². The predicted octanol–water partition coefficient (Wildman–Crippen LogP) is 4.00. The van der Waals surface area contributed by atoms with Crippen molar-refractivity contribution < 1.29 is 38.2 Å². The van der Waals surface area contributed by atoms with Gasteiger partial charge in [0.1, 0.15) is 24.9 Å². The number of para-hydroxylation sites is 2. The third-order valence-corrected chi connectivity index (χ3v) is 7.39. The standard InChI is InChI=1S/C31H39N3O8/c1-2-39-30(37)25(32-42-29(36)21-34-26-13-6-7-14-27(26)40-20-17-28(34)35)12-8-11-23-15-18-33(19-16-23)31(38)41-22-24-9-4-3-5-10-24/h3-7,9-10,13-14,23,25,32H,2,8,11-12,15-22H2,1H3/t25-/m1/s1. The highest BCUT2D eigenvalue weighted by Gasteiger charge is 2.28. The molecule has 2 aliphatic heterocycles. The van der Waals surface area contributed by atoms with Crippen molar-refractivity contribution in [3.05, 3.63) is 60.2 Å². The van der Waals surface area contributed by atoms with E-state index in [-0.39, 0.29) is 44.8 Å². The highest BCUT2D eigenvalue weighted by Crippen LogP contribution is 2.31. The molecule has 1 atom stereocenters. The van der Waals surface area contributed by atoms with Gasteiger partial charge < -0.3 is 23.9 Å². The van der Waals surface area contributed by atoms with E-state index in [1.165, 1.54) is 4.90 Å². The Bertz CT molecular complexity index is 1200. The first-order valence-electron chi connectivity index (χ1n) is 14.5. The minimum absolute atomic E-state index is 0.134. The normalized spacial score (nSPS) is 16.1. The number of piperidine rings is 1. The second-order valence-corrected chi connectivity index (χ2v) is 10.3. The predicted molar refractivity (Wildman–Crippen MR) is 153 cm³/mol. The van der Waals surface area contributed by atoms with Crippen LogP contribution in [-0.4, -0.2) is 67.7 Å². The van der Waals surface area contributed by atoms with E-state index in [1.54, 1.807) is 36.1 Å². The van der Waals surface area contributed by atoms with Gasteiger partial charge in [-0.25, -0.2) is 9.59 Å². The number of hydrogen-bond acceptors (Lipinski definition) is 9. The van der Waals surface area contributed by atoms with E-state index in [9.17, 15) is 19.2 Å². The van der Waals surface area contributed by atoms with Gasteiger partial charge in [0.05, 0.1) is 25.3 Å². The van der Waals surface area contributed by atoms with Gasteiger partial charge in [-0.05, 0) is 49.8 Å². The fourth-order valence-corrected chi connectivity index (χ4v) is 5.08. The Morgan fingerprint density at radius 1 is 1.02 bits per heavy atom. The molecule has 4 rings (SSSR count). The zero-order valence-electron chi connectivity index (χ0n) is 24.0. The minimum atomic E-state index is -0.836. The maximum atomic E-state index is 12.7. The van der Waals surface area contributed by atoms with Gasteiger partial charge in [-0.2, -0.15) is 0 Å². The van der Waals surface area contributed by atoms with Crippen molar-refractivity contribution in [3.8, 4) is 5.75 Å². The molecule has 2 aromatic rings. The van der Waals surface area contributed by atoms with Crippen LogP contribution < -0.4 is 15.1 Å². The summed E-state index contributed by atoms with van der Waals surface area (Å²) in [6.45, 7) is 3.31. The van der Waals surface area contributed by atoms with E-state index in [0.717, 1.165) is 24.8 Å². The number of amides is 2. The van der Waals surface area contributed by atoms with Crippen molar-refractivity contribution in [2.45, 2.75) is 58.1 Å². The Labute approximate surface area is 246 Å². The van der Waals surface area contributed by atoms with Crippen LogP contribution in [0.25, 0.3) is 0 Å². The number of carbonyl (C=O) groups is 4. The molecule has 2 aliphatic rings. The molecule has 226 valence electrons. The van der Waals surface area contributed by atoms with Gasteiger partial charge in [0, 0.05) is 13.1 Å². The molecule has 11 nitrogen and oxygen atoms in total. The molecule has 2 heterocycles. The number of carbonyl (C=O) groups excluding carboxylic acids is 4. The third-order valence-electron chi connectivity index (χ3n) is 7.39. The summed E-state index contributed by atoms with van der Waals surface area (Å²) in [5.74, 6) is -0.547. The minimum Gasteiger partial charge on any atom is -0.491 e. The Morgan fingerprint density at radius 3 is 2.52 bits per heavy atom. The third kappa shape index (κ3) is 8.94. The van der Waals surface area contributed by atoms with Gasteiger partial charge in [0.2, 0.25) is 5.91 Å². The molecule has 2 aromatic carbocycles. The molecule has 1 N–H and O–H groups in total. The zero-order chi connectivity index (χ0) is 29.7. The van der Waals surface area contributed by atoms with Crippen LogP contribution in [0.1, 0.15) is 51.0 Å². The number of nitrogens with one attached hydrogen (secondary N) is 1. The zero-order valence-corrected chi connectivity index (χ0v) is 24.0. The molecule has 2 amide bonds. The van der Waals surface area contributed by atoms with Crippen molar-refractivity contribution in [3.63, 3.8) is 0 Å². The number of hydrogen-bond donors (Lipinski definition) is 1. The molecule has 0 saturated carbocycles. The summed E-state index contributed by atoms with van der Waals surface area (Å²) < 4.78 is 16.2. The molecule has 1 fully saturated rings. The topological polar surface area (TPSA) is 124 Å². The second kappa shape index (κ2) is 15.8. The quantitative estimate of drug-likeness (QED) is 0.225. The largest absolute Gasteiger partial charge is 0.491 e. The highest BCUT2D eigenvalue weighted by atomic mass is 16.7. The number of anilines is 1. The van der Waals surface area contributed by atoms with Crippen LogP contribution in [0.4, 0.5) is 10.5 Å². The lowest BCUT2D eigenvalue weighted by Gasteiger charge is -2.31. The fraction of sp³-hybridized carbons (Fsp3) is 0.484. The van der Waals surface area contributed by atoms with Crippen molar-refractivity contribution >= 4 is 29.6 Å². The number of likely N-dealkylation sites (tertiary alicyclic amines) is 1. The van der Waals surface area contributed by atoms with Gasteiger partial charge in [0.15, 0.2) is 0 Å². The SMILES string of the molecule is CCOC(=O)[C@@H](CCCC1CCN(C(=O)OCc2ccccc2)CC1)NOC(=O)CN1C(=O)CCOc2ccccc21. The average molecular weight is 582 g/mol. The van der Waals surface area contributed by atoms with Gasteiger partial charge in [0.25, 0.3) is 0 Å². The second-order valence-electron chi connectivity index (χ2n) is 10.3. The first kappa shape index (κ1) is 30.8. The van der Waals surface area contributed by atoms with Crippen molar-refractivity contribution in [1.29, 1.82) is 0 Å². The first-order chi connectivity index (χ1) is 20.4. The van der Waals surface area contributed by atoms with Crippen LogP contribution in [0.2, 0.25) is 0 Å². The van der Waals surface area contributed by atoms with Gasteiger partial charge in [-0.1, -0.05) is 55.3 Å². The van der Waals surface area contributed by atoms with Crippen molar-refractivity contribution in [1.82, 2.24) is 10.4 Å². The lowest BCUT2D eigenvalue weighted by atomic mass is 9.91. The maximum absolute atomic E-state index is 12.7. The Balaban J connectivity index is 1.20. The number of rotatable bonds is 12. The number of esters is 1. The monoisotopic (exact) mass is 581 g/mol. The van der Waals surface area contributed by atoms with Crippen LogP contribution in [0.5, 0.6) is 5.75 Å². The molecule has 0 spiro atoms. The van der Waals surface area contributed by atoms with Crippen LogP contribution in [0.3, 0.4) is 0 Å². The van der Waals surface area contributed by atoms with Gasteiger partial charge in [-0.3, -0.25) is 14.5 Å². The van der Waals surface area contributed by atoms with Crippen LogP contribution in [0, 0.1) is 5.92 Å². The summed E-state index contributed by atoms with van der Waals surface area (Å²) in [6.07, 6.45) is 3.50. The van der Waals surface area contributed by atoms with Crippen LogP contribution in [0.15, 0.2) is 54.6 Å². The number of ether oxygens (including phenoxy) is 3. The Hall–Kier alpha value is -4.12. The molecule has 11 heteroatoms. The van der Waals surface area contributed by atoms with Crippen LogP contribution in [-0.2, 0) is 35.3 Å². The smallest absolute Gasteiger partial charge is 0.410 e. The van der Waals surface area contributed by atoms with E-state index in [0.29, 0.717) is 43.3 Å². The van der Waals surface area contributed by atoms with E-state index < -0.39 is 18.0 Å². The molecule has 0 aliphatic carbocycles. The van der Waals surface area contributed by atoms with E-state index in [2.05, 4.69) is 5.48 Å². The molecule has 42 heavy (non-hydrogen) atoms. The maximum Gasteiger partial charge on any atom is 0.410 e. The first-order valence-corrected chi connectivity index (χ1v) is 14.5. The van der Waals surface area contributed by atoms with E-state index in [1.807, 2.05) is 30.3 Å². The van der Waals surface area contributed by atoms with Gasteiger partial charge >= 0.3 is 18.0 Å². The van der Waals surface area contributed by atoms with Crippen LogP contribution >= 0.6 is 0 Å². The summed E-state index contributed by atoms with van der Waals surface area (Å²) in [6, 6.07) is 15.7. The molecule has 0 aromatic heterocycles. The Morgan fingerprint density at radius 2 is 1.76 bits per heavy atom. The summed E-state index contributed by atoms with van der Waals surface area (Å²) in [4.78, 5) is 58.6. The number of hydroxylamine groups is 1. The lowest BCUT2D eigenvalue weighted by molar-refractivity contribution is -0.159. The summed E-state index contributed by atoms with van der Waals surface area (Å²) in [5, 5.41) is 0.